The third kappa shape index (κ3) is 3.51. The van der Waals surface area contributed by atoms with Gasteiger partial charge in [-0.2, -0.15) is 0 Å². The fourth-order valence-corrected chi connectivity index (χ4v) is 3.34. The van der Waals surface area contributed by atoms with Crippen LogP contribution in [0.2, 0.25) is 5.02 Å². The fraction of sp³-hybridized carbons (Fsp3) is 0.333. The molecule has 0 saturated carbocycles. The lowest BCUT2D eigenvalue weighted by Crippen LogP contribution is -2.25. The molecule has 2 heterocycles. The van der Waals surface area contributed by atoms with Crippen molar-refractivity contribution in [1.29, 1.82) is 0 Å². The second-order valence-corrected chi connectivity index (χ2v) is 6.34. The molecule has 0 bridgehead atoms. The standard InChI is InChI=1S/C15H15BrClN3O2/c1-21-15-18-6-10(7-19-15)8-20-2-3-22-14-11(9-20)4-12(16)5-13(14)17/h4-7H,2-3,8-9H2,1H3. The molecule has 0 spiro atoms. The molecule has 0 N–H and O–H groups in total. The Balaban J connectivity index is 1.77. The lowest BCUT2D eigenvalue weighted by atomic mass is 10.2. The molecule has 5 nitrogen and oxygen atoms in total. The number of nitrogens with zero attached hydrogens (tertiary/aromatic N) is 3. The number of rotatable bonds is 3. The molecule has 0 fully saturated rings. The van der Waals surface area contributed by atoms with Crippen LogP contribution in [-0.4, -0.2) is 35.1 Å². The Morgan fingerprint density at radius 2 is 2.14 bits per heavy atom. The highest BCUT2D eigenvalue weighted by Crippen LogP contribution is 2.34. The van der Waals surface area contributed by atoms with Crippen LogP contribution < -0.4 is 9.47 Å². The van der Waals surface area contributed by atoms with Gasteiger partial charge in [-0.05, 0) is 12.1 Å². The van der Waals surface area contributed by atoms with Crippen molar-refractivity contribution in [1.82, 2.24) is 14.9 Å². The zero-order valence-electron chi connectivity index (χ0n) is 12.1. The van der Waals surface area contributed by atoms with Crippen LogP contribution in [0.4, 0.5) is 0 Å². The van der Waals surface area contributed by atoms with Gasteiger partial charge in [0.1, 0.15) is 12.4 Å². The second kappa shape index (κ2) is 6.81. The topological polar surface area (TPSA) is 47.5 Å². The van der Waals surface area contributed by atoms with E-state index in [1.54, 1.807) is 19.5 Å². The molecule has 1 aromatic carbocycles. The molecule has 0 unspecified atom stereocenters. The smallest absolute Gasteiger partial charge is 0.316 e. The van der Waals surface area contributed by atoms with Gasteiger partial charge in [-0.25, -0.2) is 9.97 Å². The van der Waals surface area contributed by atoms with Crippen LogP contribution in [0.25, 0.3) is 0 Å². The van der Waals surface area contributed by atoms with Crippen molar-refractivity contribution in [2.75, 3.05) is 20.3 Å². The highest BCUT2D eigenvalue weighted by atomic mass is 79.9. The SMILES string of the molecule is COc1ncc(CN2CCOc3c(Cl)cc(Br)cc3C2)cn1. The summed E-state index contributed by atoms with van der Waals surface area (Å²) in [6.07, 6.45) is 3.57. The van der Waals surface area contributed by atoms with Gasteiger partial charge in [0.05, 0.1) is 12.1 Å². The van der Waals surface area contributed by atoms with Gasteiger partial charge < -0.3 is 9.47 Å². The summed E-state index contributed by atoms with van der Waals surface area (Å²) >= 11 is 9.73. The van der Waals surface area contributed by atoms with E-state index >= 15 is 0 Å². The van der Waals surface area contributed by atoms with E-state index in [0.717, 1.165) is 41.0 Å². The number of methoxy groups -OCH3 is 1. The predicted octanol–water partition coefficient (Wildman–Crippen LogP) is 3.30. The third-order valence-electron chi connectivity index (χ3n) is 3.40. The summed E-state index contributed by atoms with van der Waals surface area (Å²) in [5.41, 5.74) is 2.11. The number of fused-ring (bicyclic) bond motifs is 1. The number of hydrogen-bond acceptors (Lipinski definition) is 5. The molecule has 22 heavy (non-hydrogen) atoms. The predicted molar refractivity (Wildman–Crippen MR) is 87.3 cm³/mol. The van der Waals surface area contributed by atoms with Crippen molar-refractivity contribution in [3.8, 4) is 11.8 Å². The van der Waals surface area contributed by atoms with Gasteiger partial charge in [-0.15, -0.1) is 0 Å². The summed E-state index contributed by atoms with van der Waals surface area (Å²) in [6.45, 7) is 2.93. The maximum Gasteiger partial charge on any atom is 0.316 e. The summed E-state index contributed by atoms with van der Waals surface area (Å²) in [5, 5.41) is 0.638. The van der Waals surface area contributed by atoms with E-state index in [9.17, 15) is 0 Å². The van der Waals surface area contributed by atoms with Crippen LogP contribution in [-0.2, 0) is 13.1 Å². The molecular weight excluding hydrogens is 370 g/mol. The lowest BCUT2D eigenvalue weighted by Gasteiger charge is -2.19. The summed E-state index contributed by atoms with van der Waals surface area (Å²) < 4.78 is 11.7. The van der Waals surface area contributed by atoms with Crippen molar-refractivity contribution in [3.63, 3.8) is 0 Å². The minimum absolute atomic E-state index is 0.379. The zero-order chi connectivity index (χ0) is 15.5. The van der Waals surface area contributed by atoms with E-state index in [4.69, 9.17) is 21.1 Å². The molecule has 1 aliphatic heterocycles. The van der Waals surface area contributed by atoms with E-state index in [1.165, 1.54) is 0 Å². The maximum absolute atomic E-state index is 6.25. The van der Waals surface area contributed by atoms with Crippen LogP contribution in [0.1, 0.15) is 11.1 Å². The van der Waals surface area contributed by atoms with Gasteiger partial charge in [-0.3, -0.25) is 4.90 Å². The Bertz CT molecular complexity index is 667. The average molecular weight is 385 g/mol. The van der Waals surface area contributed by atoms with Gasteiger partial charge in [0.15, 0.2) is 0 Å². The Morgan fingerprint density at radius 1 is 1.36 bits per heavy atom. The third-order valence-corrected chi connectivity index (χ3v) is 4.14. The summed E-state index contributed by atoms with van der Waals surface area (Å²) in [6, 6.07) is 4.28. The van der Waals surface area contributed by atoms with E-state index in [2.05, 4.69) is 30.8 Å². The number of aromatic nitrogens is 2. The molecule has 0 atom stereocenters. The molecule has 0 amide bonds. The van der Waals surface area contributed by atoms with Gasteiger partial charge in [0.25, 0.3) is 0 Å². The number of hydrogen-bond donors (Lipinski definition) is 0. The molecule has 116 valence electrons. The number of ether oxygens (including phenoxy) is 2. The fourth-order valence-electron chi connectivity index (χ4n) is 2.41. The number of halogens is 2. The molecule has 0 aliphatic carbocycles. The number of benzene rings is 1. The molecule has 7 heteroatoms. The Labute approximate surface area is 142 Å². The maximum atomic E-state index is 6.25. The van der Waals surface area contributed by atoms with Crippen molar-refractivity contribution in [2.24, 2.45) is 0 Å². The molecule has 1 aromatic heterocycles. The first-order valence-electron chi connectivity index (χ1n) is 6.83. The minimum Gasteiger partial charge on any atom is -0.490 e. The van der Waals surface area contributed by atoms with Gasteiger partial charge in [0.2, 0.25) is 0 Å². The van der Waals surface area contributed by atoms with Crippen LogP contribution in [0, 0.1) is 0 Å². The van der Waals surface area contributed by atoms with Crippen LogP contribution in [0.3, 0.4) is 0 Å². The van der Waals surface area contributed by atoms with E-state index in [1.807, 2.05) is 12.1 Å². The average Bonchev–Trinajstić information content (AvgIpc) is 2.70. The quantitative estimate of drug-likeness (QED) is 0.812. The molecular formula is C15H15BrClN3O2. The highest BCUT2D eigenvalue weighted by molar-refractivity contribution is 9.10. The largest absolute Gasteiger partial charge is 0.490 e. The summed E-state index contributed by atoms with van der Waals surface area (Å²) in [7, 11) is 1.56. The Morgan fingerprint density at radius 3 is 2.86 bits per heavy atom. The Hall–Kier alpha value is -1.37. The highest BCUT2D eigenvalue weighted by Gasteiger charge is 2.19. The van der Waals surface area contributed by atoms with Crippen LogP contribution >= 0.6 is 27.5 Å². The minimum atomic E-state index is 0.379. The van der Waals surface area contributed by atoms with Crippen molar-refractivity contribution < 1.29 is 9.47 Å². The van der Waals surface area contributed by atoms with E-state index < -0.39 is 0 Å². The molecule has 1 aliphatic rings. The van der Waals surface area contributed by atoms with Crippen LogP contribution in [0.15, 0.2) is 29.0 Å². The first kappa shape index (κ1) is 15.5. The van der Waals surface area contributed by atoms with Gasteiger partial charge in [-0.1, -0.05) is 27.5 Å². The first-order chi connectivity index (χ1) is 10.7. The second-order valence-electron chi connectivity index (χ2n) is 5.01. The summed E-state index contributed by atoms with van der Waals surface area (Å²) in [4.78, 5) is 10.6. The molecule has 0 radical (unpaired) electrons. The van der Waals surface area contributed by atoms with Gasteiger partial charge in [0, 0.05) is 47.6 Å². The van der Waals surface area contributed by atoms with Crippen molar-refractivity contribution in [3.05, 3.63) is 45.1 Å². The lowest BCUT2D eigenvalue weighted by molar-refractivity contribution is 0.219. The normalized spacial score (nSPS) is 14.9. The monoisotopic (exact) mass is 383 g/mol. The van der Waals surface area contributed by atoms with Crippen molar-refractivity contribution in [2.45, 2.75) is 13.1 Å². The van der Waals surface area contributed by atoms with E-state index in [0.29, 0.717) is 17.6 Å². The molecule has 0 saturated heterocycles. The van der Waals surface area contributed by atoms with Crippen molar-refractivity contribution >= 4 is 27.5 Å². The molecule has 3 rings (SSSR count). The summed E-state index contributed by atoms with van der Waals surface area (Å²) in [5.74, 6) is 0.776. The van der Waals surface area contributed by atoms with Gasteiger partial charge >= 0.3 is 6.01 Å². The first-order valence-corrected chi connectivity index (χ1v) is 8.01. The molecule has 2 aromatic rings. The van der Waals surface area contributed by atoms with E-state index in [-0.39, 0.29) is 0 Å². The van der Waals surface area contributed by atoms with Crippen LogP contribution in [0.5, 0.6) is 11.8 Å². The zero-order valence-corrected chi connectivity index (χ0v) is 14.4. The Kier molecular flexibility index (Phi) is 4.81.